The minimum absolute atomic E-state index is 0.115. The Balaban J connectivity index is 1.87. The van der Waals surface area contributed by atoms with E-state index in [-0.39, 0.29) is 23.8 Å². The maximum Gasteiger partial charge on any atom is 0.242 e. The quantitative estimate of drug-likeness (QED) is 0.823. The molecule has 5 nitrogen and oxygen atoms in total. The summed E-state index contributed by atoms with van der Waals surface area (Å²) in [6.45, 7) is 4.13. The van der Waals surface area contributed by atoms with Crippen molar-refractivity contribution in [1.29, 1.82) is 0 Å². The zero-order valence-corrected chi connectivity index (χ0v) is 15.6. The molecule has 2 aromatic rings. The van der Waals surface area contributed by atoms with Crippen molar-refractivity contribution in [2.75, 3.05) is 18.9 Å². The Morgan fingerprint density at radius 1 is 1.04 bits per heavy atom. The van der Waals surface area contributed by atoms with Gasteiger partial charge in [0.25, 0.3) is 0 Å². The predicted octanol–water partition coefficient (Wildman–Crippen LogP) is 3.34. The van der Waals surface area contributed by atoms with Crippen molar-refractivity contribution in [3.05, 3.63) is 59.7 Å². The summed E-state index contributed by atoms with van der Waals surface area (Å²) in [5.74, 6) is -0.115. The minimum atomic E-state index is -3.52. The number of hydrogen-bond acceptors (Lipinski definition) is 3. The van der Waals surface area contributed by atoms with Crippen LogP contribution < -0.4 is 5.32 Å². The molecule has 0 aromatic heterocycles. The van der Waals surface area contributed by atoms with Gasteiger partial charge in [0.1, 0.15) is 0 Å². The van der Waals surface area contributed by atoms with E-state index in [0.717, 1.165) is 16.8 Å². The molecule has 0 heterocycles. The molecule has 0 aliphatic carbocycles. The van der Waals surface area contributed by atoms with Gasteiger partial charge in [0.2, 0.25) is 15.9 Å². The summed E-state index contributed by atoms with van der Waals surface area (Å²) in [5, 5.41) is 2.85. The Hall–Kier alpha value is -2.18. The lowest BCUT2D eigenvalue weighted by Gasteiger charge is -2.17. The Bertz CT molecular complexity index is 830. The van der Waals surface area contributed by atoms with Crippen LogP contribution >= 0.6 is 0 Å². The SMILES string of the molecule is Cc1ccc(S(=O)(=O)N(C)CCCC(=O)Nc2ccccc2C)cc1. The Labute approximate surface area is 149 Å². The van der Waals surface area contributed by atoms with Gasteiger partial charge in [-0.3, -0.25) is 4.79 Å². The van der Waals surface area contributed by atoms with E-state index in [0.29, 0.717) is 6.42 Å². The van der Waals surface area contributed by atoms with Crippen molar-refractivity contribution in [3.8, 4) is 0 Å². The number of hydrogen-bond donors (Lipinski definition) is 1. The van der Waals surface area contributed by atoms with Gasteiger partial charge in [0.05, 0.1) is 4.90 Å². The first-order valence-electron chi connectivity index (χ1n) is 8.19. The summed E-state index contributed by atoms with van der Waals surface area (Å²) in [4.78, 5) is 12.3. The maximum atomic E-state index is 12.5. The number of sulfonamides is 1. The Morgan fingerprint density at radius 2 is 1.68 bits per heavy atom. The third-order valence-electron chi connectivity index (χ3n) is 4.03. The van der Waals surface area contributed by atoms with Crippen molar-refractivity contribution in [1.82, 2.24) is 4.31 Å². The largest absolute Gasteiger partial charge is 0.326 e. The van der Waals surface area contributed by atoms with Crippen LogP contribution in [-0.4, -0.2) is 32.2 Å². The smallest absolute Gasteiger partial charge is 0.242 e. The molecular formula is C19H24N2O3S. The molecule has 2 aromatic carbocycles. The number of carbonyl (C=O) groups is 1. The standard InChI is InChI=1S/C19H24N2O3S/c1-15-10-12-17(13-11-15)25(23,24)21(3)14-6-9-19(22)20-18-8-5-4-7-16(18)2/h4-5,7-8,10-13H,6,9,14H2,1-3H3,(H,20,22). The van der Waals surface area contributed by atoms with Gasteiger partial charge in [-0.1, -0.05) is 35.9 Å². The molecule has 25 heavy (non-hydrogen) atoms. The Kier molecular flexibility index (Phi) is 6.33. The van der Waals surface area contributed by atoms with Gasteiger partial charge in [-0.05, 0) is 44.0 Å². The van der Waals surface area contributed by atoms with Crippen LogP contribution in [-0.2, 0) is 14.8 Å². The van der Waals surface area contributed by atoms with Gasteiger partial charge in [-0.2, -0.15) is 0 Å². The van der Waals surface area contributed by atoms with E-state index in [1.54, 1.807) is 24.3 Å². The van der Waals surface area contributed by atoms with Gasteiger partial charge in [-0.15, -0.1) is 0 Å². The molecule has 1 amide bonds. The van der Waals surface area contributed by atoms with E-state index in [1.165, 1.54) is 11.4 Å². The predicted molar refractivity (Wildman–Crippen MR) is 100 cm³/mol. The van der Waals surface area contributed by atoms with Gasteiger partial charge in [0.15, 0.2) is 0 Å². The van der Waals surface area contributed by atoms with E-state index in [4.69, 9.17) is 0 Å². The second kappa shape index (κ2) is 8.27. The van der Waals surface area contributed by atoms with Gasteiger partial charge in [-0.25, -0.2) is 12.7 Å². The van der Waals surface area contributed by atoms with Crippen LogP contribution in [0.4, 0.5) is 5.69 Å². The topological polar surface area (TPSA) is 66.5 Å². The van der Waals surface area contributed by atoms with Crippen LogP contribution in [0.3, 0.4) is 0 Å². The van der Waals surface area contributed by atoms with Crippen LogP contribution in [0.25, 0.3) is 0 Å². The number of aryl methyl sites for hydroxylation is 2. The monoisotopic (exact) mass is 360 g/mol. The summed E-state index contributed by atoms with van der Waals surface area (Å²) in [6.07, 6.45) is 0.724. The lowest BCUT2D eigenvalue weighted by molar-refractivity contribution is -0.116. The zero-order chi connectivity index (χ0) is 18.4. The number of nitrogens with zero attached hydrogens (tertiary/aromatic N) is 1. The highest BCUT2D eigenvalue weighted by Gasteiger charge is 2.20. The average molecular weight is 360 g/mol. The fourth-order valence-electron chi connectivity index (χ4n) is 2.40. The number of amides is 1. The third-order valence-corrected chi connectivity index (χ3v) is 5.90. The van der Waals surface area contributed by atoms with E-state index >= 15 is 0 Å². The van der Waals surface area contributed by atoms with E-state index in [2.05, 4.69) is 5.32 Å². The molecule has 0 fully saturated rings. The van der Waals surface area contributed by atoms with Crippen molar-refractivity contribution in [2.24, 2.45) is 0 Å². The fourth-order valence-corrected chi connectivity index (χ4v) is 3.61. The number of benzene rings is 2. The highest BCUT2D eigenvalue weighted by molar-refractivity contribution is 7.89. The average Bonchev–Trinajstić information content (AvgIpc) is 2.57. The van der Waals surface area contributed by atoms with Crippen molar-refractivity contribution >= 4 is 21.6 Å². The van der Waals surface area contributed by atoms with Crippen LogP contribution in [0.15, 0.2) is 53.4 Å². The van der Waals surface area contributed by atoms with Crippen molar-refractivity contribution in [2.45, 2.75) is 31.6 Å². The normalized spacial score (nSPS) is 11.5. The summed E-state index contributed by atoms with van der Waals surface area (Å²) in [6, 6.07) is 14.3. The van der Waals surface area contributed by atoms with E-state index < -0.39 is 10.0 Å². The summed E-state index contributed by atoms with van der Waals surface area (Å²) >= 11 is 0. The molecule has 0 aliphatic rings. The Morgan fingerprint density at radius 3 is 2.32 bits per heavy atom. The molecule has 0 aliphatic heterocycles. The molecule has 134 valence electrons. The third kappa shape index (κ3) is 5.14. The molecule has 0 saturated heterocycles. The minimum Gasteiger partial charge on any atom is -0.326 e. The first-order valence-corrected chi connectivity index (χ1v) is 9.63. The molecule has 0 bridgehead atoms. The second-order valence-corrected chi connectivity index (χ2v) is 8.15. The first kappa shape index (κ1) is 19.1. The van der Waals surface area contributed by atoms with Gasteiger partial charge < -0.3 is 5.32 Å². The molecule has 0 radical (unpaired) electrons. The molecular weight excluding hydrogens is 336 g/mol. The highest BCUT2D eigenvalue weighted by atomic mass is 32.2. The van der Waals surface area contributed by atoms with E-state index in [9.17, 15) is 13.2 Å². The highest BCUT2D eigenvalue weighted by Crippen LogP contribution is 2.16. The number of rotatable bonds is 7. The van der Waals surface area contributed by atoms with Crippen molar-refractivity contribution < 1.29 is 13.2 Å². The van der Waals surface area contributed by atoms with E-state index in [1.807, 2.05) is 38.1 Å². The number of nitrogens with one attached hydrogen (secondary N) is 1. The van der Waals surface area contributed by atoms with Crippen molar-refractivity contribution in [3.63, 3.8) is 0 Å². The van der Waals surface area contributed by atoms with Gasteiger partial charge >= 0.3 is 0 Å². The zero-order valence-electron chi connectivity index (χ0n) is 14.8. The molecule has 0 saturated carbocycles. The molecule has 6 heteroatoms. The first-order chi connectivity index (χ1) is 11.8. The summed E-state index contributed by atoms with van der Waals surface area (Å²) in [7, 11) is -1.98. The second-order valence-electron chi connectivity index (χ2n) is 6.11. The molecule has 0 spiro atoms. The number of carbonyl (C=O) groups excluding carboxylic acids is 1. The van der Waals surface area contributed by atoms with Crippen LogP contribution in [0.1, 0.15) is 24.0 Å². The number of para-hydroxylation sites is 1. The molecule has 0 unspecified atom stereocenters. The maximum absolute atomic E-state index is 12.5. The lowest BCUT2D eigenvalue weighted by atomic mass is 10.2. The number of anilines is 1. The molecule has 1 N–H and O–H groups in total. The van der Waals surface area contributed by atoms with Crippen LogP contribution in [0, 0.1) is 13.8 Å². The summed E-state index contributed by atoms with van der Waals surface area (Å²) < 4.78 is 26.3. The van der Waals surface area contributed by atoms with Crippen LogP contribution in [0.5, 0.6) is 0 Å². The fraction of sp³-hybridized carbons (Fsp3) is 0.316. The molecule has 0 atom stereocenters. The van der Waals surface area contributed by atoms with Crippen LogP contribution in [0.2, 0.25) is 0 Å². The molecule has 2 rings (SSSR count). The summed E-state index contributed by atoms with van der Waals surface area (Å²) in [5.41, 5.74) is 2.79. The lowest BCUT2D eigenvalue weighted by Crippen LogP contribution is -2.28. The van der Waals surface area contributed by atoms with Gasteiger partial charge in [0, 0.05) is 25.7 Å².